The fraction of sp³-hybridized carbons (Fsp3) is 0.917. The molecule has 1 N–H and O–H groups in total. The van der Waals surface area contributed by atoms with Gasteiger partial charge in [0, 0.05) is 0 Å². The smallest absolute Gasteiger partial charge is 0.299 e. The summed E-state index contributed by atoms with van der Waals surface area (Å²) in [5, 5.41) is 12.3. The maximum absolute atomic E-state index is 12.5. The summed E-state index contributed by atoms with van der Waals surface area (Å²) in [4.78, 5) is 0. The molecule has 0 amide bonds. The number of rotatable bonds is 3. The van der Waals surface area contributed by atoms with Crippen LogP contribution in [0, 0.1) is 23.2 Å². The summed E-state index contributed by atoms with van der Waals surface area (Å²) in [5.74, 6) is -0.842. The molecule has 0 aromatic heterocycles. The maximum Gasteiger partial charge on any atom is 0.391 e. The van der Waals surface area contributed by atoms with Gasteiger partial charge in [0.25, 0.3) is 0 Å². The fourth-order valence-corrected chi connectivity index (χ4v) is 2.17. The van der Waals surface area contributed by atoms with Crippen LogP contribution >= 0.6 is 0 Å². The Kier molecular flexibility index (Phi) is 4.42. The number of nitrogens with zero attached hydrogens (tertiary/aromatic N) is 1. The summed E-state index contributed by atoms with van der Waals surface area (Å²) in [6.07, 6.45) is -3.41. The predicted octanol–water partition coefficient (Wildman–Crippen LogP) is 3.25. The minimum atomic E-state index is -4.11. The summed E-state index contributed by atoms with van der Waals surface area (Å²) in [6, 6.07) is 2.17. The highest BCUT2D eigenvalue weighted by molar-refractivity contribution is 5.09. The number of hydrogen-bond acceptors (Lipinski definition) is 2. The molecule has 98 valence electrons. The van der Waals surface area contributed by atoms with Gasteiger partial charge in [0.2, 0.25) is 0 Å². The normalized spacial score (nSPS) is 30.3. The average molecular weight is 248 g/mol. The van der Waals surface area contributed by atoms with E-state index in [0.717, 1.165) is 0 Å². The molecule has 0 unspecified atom stereocenters. The molecule has 0 heterocycles. The second-order valence-corrected chi connectivity index (χ2v) is 5.28. The van der Waals surface area contributed by atoms with Gasteiger partial charge in [0.1, 0.15) is 5.54 Å². The first-order valence-corrected chi connectivity index (χ1v) is 6.02. The van der Waals surface area contributed by atoms with E-state index in [1.807, 2.05) is 13.8 Å². The molecule has 0 spiro atoms. The van der Waals surface area contributed by atoms with Crippen LogP contribution in [-0.4, -0.2) is 18.3 Å². The summed E-state index contributed by atoms with van der Waals surface area (Å²) in [7, 11) is 0. The van der Waals surface area contributed by atoms with E-state index in [2.05, 4.69) is 11.4 Å². The lowest BCUT2D eigenvalue weighted by atomic mass is 9.77. The number of alkyl halides is 3. The Bertz CT molecular complexity index is 283. The quantitative estimate of drug-likeness (QED) is 0.832. The van der Waals surface area contributed by atoms with Crippen LogP contribution in [0.15, 0.2) is 0 Å². The lowest BCUT2D eigenvalue weighted by molar-refractivity contribution is -0.184. The third kappa shape index (κ3) is 3.88. The van der Waals surface area contributed by atoms with Gasteiger partial charge in [-0.2, -0.15) is 18.4 Å². The molecule has 0 aromatic rings. The van der Waals surface area contributed by atoms with E-state index in [1.54, 1.807) is 0 Å². The first-order valence-electron chi connectivity index (χ1n) is 6.02. The zero-order valence-corrected chi connectivity index (χ0v) is 10.3. The molecule has 17 heavy (non-hydrogen) atoms. The van der Waals surface area contributed by atoms with Crippen molar-refractivity contribution in [2.45, 2.75) is 51.2 Å². The minimum absolute atomic E-state index is 0.0577. The largest absolute Gasteiger partial charge is 0.391 e. The predicted molar refractivity (Wildman–Crippen MR) is 59.2 cm³/mol. The molecule has 1 rings (SSSR count). The highest BCUT2D eigenvalue weighted by Crippen LogP contribution is 2.40. The van der Waals surface area contributed by atoms with Crippen molar-refractivity contribution in [3.8, 4) is 6.07 Å². The van der Waals surface area contributed by atoms with Crippen molar-refractivity contribution in [1.29, 1.82) is 5.26 Å². The van der Waals surface area contributed by atoms with E-state index >= 15 is 0 Å². The molecule has 0 saturated heterocycles. The monoisotopic (exact) mass is 248 g/mol. The third-order valence-electron chi connectivity index (χ3n) is 3.36. The van der Waals surface area contributed by atoms with Crippen molar-refractivity contribution in [1.82, 2.24) is 5.32 Å². The highest BCUT2D eigenvalue weighted by Gasteiger charge is 2.45. The van der Waals surface area contributed by atoms with E-state index in [-0.39, 0.29) is 12.8 Å². The van der Waals surface area contributed by atoms with Gasteiger partial charge in [-0.1, -0.05) is 13.8 Å². The Morgan fingerprint density at radius 3 is 2.24 bits per heavy atom. The fourth-order valence-electron chi connectivity index (χ4n) is 2.17. The lowest BCUT2D eigenvalue weighted by Gasteiger charge is -2.36. The molecular formula is C12H19F3N2. The molecule has 1 aliphatic carbocycles. The zero-order valence-electron chi connectivity index (χ0n) is 10.3. The SMILES string of the molecule is CC(C)CNC1(C#N)CCC(C(F)(F)F)CC1. The minimum Gasteiger partial charge on any atom is -0.299 e. The Morgan fingerprint density at radius 1 is 1.35 bits per heavy atom. The first-order chi connectivity index (χ1) is 7.79. The second kappa shape index (κ2) is 5.26. The Balaban J connectivity index is 2.55. The van der Waals surface area contributed by atoms with Crippen LogP contribution in [0.3, 0.4) is 0 Å². The third-order valence-corrected chi connectivity index (χ3v) is 3.36. The lowest BCUT2D eigenvalue weighted by Crippen LogP contribution is -2.49. The van der Waals surface area contributed by atoms with Gasteiger partial charge in [-0.15, -0.1) is 0 Å². The van der Waals surface area contributed by atoms with Crippen LogP contribution in [-0.2, 0) is 0 Å². The molecule has 0 aromatic carbocycles. The van der Waals surface area contributed by atoms with Crippen LogP contribution in [0.2, 0.25) is 0 Å². The van der Waals surface area contributed by atoms with Crippen LogP contribution in [0.1, 0.15) is 39.5 Å². The van der Waals surface area contributed by atoms with Gasteiger partial charge in [-0.25, -0.2) is 0 Å². The van der Waals surface area contributed by atoms with Crippen molar-refractivity contribution < 1.29 is 13.2 Å². The topological polar surface area (TPSA) is 35.8 Å². The molecule has 1 aliphatic rings. The van der Waals surface area contributed by atoms with Crippen molar-refractivity contribution in [2.24, 2.45) is 11.8 Å². The van der Waals surface area contributed by atoms with E-state index in [9.17, 15) is 13.2 Å². The number of halogens is 3. The zero-order chi connectivity index (χ0) is 13.1. The average Bonchev–Trinajstić information content (AvgIpc) is 2.26. The van der Waals surface area contributed by atoms with E-state index in [1.165, 1.54) is 0 Å². The standard InChI is InChI=1S/C12H19F3N2/c1-9(2)7-17-11(8-16)5-3-10(4-6-11)12(13,14)15/h9-10,17H,3-7H2,1-2H3. The molecule has 0 bridgehead atoms. The second-order valence-electron chi connectivity index (χ2n) is 5.28. The van der Waals surface area contributed by atoms with E-state index in [0.29, 0.717) is 25.3 Å². The van der Waals surface area contributed by atoms with Gasteiger partial charge in [-0.05, 0) is 38.1 Å². The van der Waals surface area contributed by atoms with Gasteiger partial charge >= 0.3 is 6.18 Å². The Hall–Kier alpha value is -0.760. The number of hydrogen-bond donors (Lipinski definition) is 1. The van der Waals surface area contributed by atoms with Gasteiger partial charge < -0.3 is 0 Å². The summed E-state index contributed by atoms with van der Waals surface area (Å²) >= 11 is 0. The van der Waals surface area contributed by atoms with Crippen molar-refractivity contribution in [3.05, 3.63) is 0 Å². The molecule has 0 radical (unpaired) electrons. The Morgan fingerprint density at radius 2 is 1.88 bits per heavy atom. The molecular weight excluding hydrogens is 229 g/mol. The van der Waals surface area contributed by atoms with E-state index in [4.69, 9.17) is 5.26 Å². The number of nitrogens with one attached hydrogen (secondary N) is 1. The van der Waals surface area contributed by atoms with Crippen molar-refractivity contribution >= 4 is 0 Å². The summed E-state index contributed by atoms with van der Waals surface area (Å²) < 4.78 is 37.5. The molecule has 0 atom stereocenters. The van der Waals surface area contributed by atoms with Crippen LogP contribution in [0.25, 0.3) is 0 Å². The maximum atomic E-state index is 12.5. The molecule has 0 aliphatic heterocycles. The van der Waals surface area contributed by atoms with Gasteiger partial charge in [0.05, 0.1) is 12.0 Å². The summed E-state index contributed by atoms with van der Waals surface area (Å²) in [6.45, 7) is 4.70. The highest BCUT2D eigenvalue weighted by atomic mass is 19.4. The van der Waals surface area contributed by atoms with E-state index < -0.39 is 17.6 Å². The molecule has 2 nitrogen and oxygen atoms in total. The van der Waals surface area contributed by atoms with Gasteiger partial charge in [0.15, 0.2) is 0 Å². The molecule has 1 fully saturated rings. The Labute approximate surface area is 100 Å². The molecule has 1 saturated carbocycles. The van der Waals surface area contributed by atoms with Gasteiger partial charge in [-0.3, -0.25) is 5.32 Å². The first kappa shape index (κ1) is 14.3. The number of nitriles is 1. The summed E-state index contributed by atoms with van der Waals surface area (Å²) in [5.41, 5.74) is -0.744. The molecule has 5 heteroatoms. The van der Waals surface area contributed by atoms with Crippen LogP contribution in [0.4, 0.5) is 13.2 Å². The van der Waals surface area contributed by atoms with Crippen LogP contribution in [0.5, 0.6) is 0 Å². The van der Waals surface area contributed by atoms with Crippen molar-refractivity contribution in [3.63, 3.8) is 0 Å². The van der Waals surface area contributed by atoms with Crippen LogP contribution < -0.4 is 5.32 Å². The van der Waals surface area contributed by atoms with Crippen molar-refractivity contribution in [2.75, 3.05) is 6.54 Å².